The Bertz CT molecular complexity index is 305. The van der Waals surface area contributed by atoms with E-state index in [4.69, 9.17) is 0 Å². The van der Waals surface area contributed by atoms with Crippen LogP contribution in [0.3, 0.4) is 0 Å². The molecule has 90 valence electrons. The number of nitrogens with one attached hydrogen (secondary N) is 1. The van der Waals surface area contributed by atoms with Crippen molar-refractivity contribution >= 4 is 5.69 Å². The van der Waals surface area contributed by atoms with Gasteiger partial charge in [-0.15, -0.1) is 0 Å². The van der Waals surface area contributed by atoms with Crippen molar-refractivity contribution in [2.75, 3.05) is 32.5 Å². The third-order valence-corrected chi connectivity index (χ3v) is 2.68. The molecule has 16 heavy (non-hydrogen) atoms. The van der Waals surface area contributed by atoms with Gasteiger partial charge in [-0.3, -0.25) is 0 Å². The largest absolute Gasteiger partial charge is 0.385 e. The first-order valence-corrected chi connectivity index (χ1v) is 6.08. The average molecular weight is 220 g/mol. The lowest BCUT2D eigenvalue weighted by atomic mass is 10.0. The highest BCUT2D eigenvalue weighted by atomic mass is 15.1. The molecular weight excluding hydrogens is 196 g/mol. The van der Waals surface area contributed by atoms with Gasteiger partial charge in [0.05, 0.1) is 0 Å². The van der Waals surface area contributed by atoms with Gasteiger partial charge in [0.25, 0.3) is 0 Å². The Morgan fingerprint density at radius 3 is 2.50 bits per heavy atom. The van der Waals surface area contributed by atoms with E-state index < -0.39 is 0 Å². The molecule has 0 fully saturated rings. The summed E-state index contributed by atoms with van der Waals surface area (Å²) >= 11 is 0. The van der Waals surface area contributed by atoms with Crippen molar-refractivity contribution in [3.05, 3.63) is 29.8 Å². The maximum absolute atomic E-state index is 3.52. The van der Waals surface area contributed by atoms with Crippen molar-refractivity contribution < 1.29 is 0 Å². The van der Waals surface area contributed by atoms with Gasteiger partial charge in [0, 0.05) is 12.2 Å². The van der Waals surface area contributed by atoms with Crippen molar-refractivity contribution in [3.8, 4) is 0 Å². The van der Waals surface area contributed by atoms with E-state index in [9.17, 15) is 0 Å². The topological polar surface area (TPSA) is 15.3 Å². The SMILES string of the molecule is CC(C)c1ccccc1NCCCN(C)C. The van der Waals surface area contributed by atoms with Crippen LogP contribution in [0.2, 0.25) is 0 Å². The summed E-state index contributed by atoms with van der Waals surface area (Å²) in [5, 5.41) is 3.52. The zero-order valence-corrected chi connectivity index (χ0v) is 11.0. The van der Waals surface area contributed by atoms with Crippen molar-refractivity contribution in [2.24, 2.45) is 0 Å². The lowest BCUT2D eigenvalue weighted by molar-refractivity contribution is 0.405. The third kappa shape index (κ3) is 4.23. The van der Waals surface area contributed by atoms with Crippen LogP contribution in [-0.2, 0) is 0 Å². The first-order valence-electron chi connectivity index (χ1n) is 6.08. The van der Waals surface area contributed by atoms with E-state index in [1.807, 2.05) is 0 Å². The monoisotopic (exact) mass is 220 g/mol. The molecule has 0 heterocycles. The van der Waals surface area contributed by atoms with Crippen molar-refractivity contribution in [2.45, 2.75) is 26.2 Å². The molecule has 1 aromatic rings. The molecule has 0 saturated heterocycles. The van der Waals surface area contributed by atoms with Gasteiger partial charge < -0.3 is 10.2 Å². The molecular formula is C14H24N2. The summed E-state index contributed by atoms with van der Waals surface area (Å²) in [5.74, 6) is 0.581. The molecule has 0 unspecified atom stereocenters. The highest BCUT2D eigenvalue weighted by molar-refractivity contribution is 5.52. The van der Waals surface area contributed by atoms with Crippen molar-refractivity contribution in [1.82, 2.24) is 4.90 Å². The fourth-order valence-corrected chi connectivity index (χ4v) is 1.78. The highest BCUT2D eigenvalue weighted by Crippen LogP contribution is 2.23. The molecule has 2 nitrogen and oxygen atoms in total. The molecule has 0 radical (unpaired) electrons. The van der Waals surface area contributed by atoms with Crippen LogP contribution in [0.5, 0.6) is 0 Å². The fraction of sp³-hybridized carbons (Fsp3) is 0.571. The smallest absolute Gasteiger partial charge is 0.0375 e. The Hall–Kier alpha value is -1.02. The van der Waals surface area contributed by atoms with Gasteiger partial charge in [0.15, 0.2) is 0 Å². The molecule has 0 bridgehead atoms. The minimum Gasteiger partial charge on any atom is -0.385 e. The summed E-state index contributed by atoms with van der Waals surface area (Å²) in [4.78, 5) is 2.22. The summed E-state index contributed by atoms with van der Waals surface area (Å²) in [6.45, 7) is 6.65. The maximum Gasteiger partial charge on any atom is 0.0375 e. The van der Waals surface area contributed by atoms with E-state index in [0.717, 1.165) is 13.1 Å². The lowest BCUT2D eigenvalue weighted by Gasteiger charge is -2.15. The summed E-state index contributed by atoms with van der Waals surface area (Å²) in [7, 11) is 4.23. The number of nitrogens with zero attached hydrogens (tertiary/aromatic N) is 1. The van der Waals surface area contributed by atoms with E-state index in [0.29, 0.717) is 5.92 Å². The fourth-order valence-electron chi connectivity index (χ4n) is 1.78. The number of benzene rings is 1. The average Bonchev–Trinajstić information content (AvgIpc) is 2.24. The number of rotatable bonds is 6. The Morgan fingerprint density at radius 1 is 1.19 bits per heavy atom. The van der Waals surface area contributed by atoms with E-state index in [1.165, 1.54) is 17.7 Å². The van der Waals surface area contributed by atoms with Crippen LogP contribution < -0.4 is 5.32 Å². The van der Waals surface area contributed by atoms with Crippen LogP contribution >= 0.6 is 0 Å². The van der Waals surface area contributed by atoms with Gasteiger partial charge in [0.1, 0.15) is 0 Å². The number of hydrogen-bond donors (Lipinski definition) is 1. The molecule has 0 saturated carbocycles. The zero-order chi connectivity index (χ0) is 12.0. The van der Waals surface area contributed by atoms with Gasteiger partial charge in [0.2, 0.25) is 0 Å². The van der Waals surface area contributed by atoms with Crippen LogP contribution in [0, 0.1) is 0 Å². The summed E-state index contributed by atoms with van der Waals surface area (Å²) < 4.78 is 0. The minimum atomic E-state index is 0.581. The number of hydrogen-bond acceptors (Lipinski definition) is 2. The van der Waals surface area contributed by atoms with Gasteiger partial charge in [-0.1, -0.05) is 32.0 Å². The Morgan fingerprint density at radius 2 is 1.88 bits per heavy atom. The number of para-hydroxylation sites is 1. The maximum atomic E-state index is 3.52. The predicted octanol–water partition coefficient (Wildman–Crippen LogP) is 3.17. The predicted molar refractivity (Wildman–Crippen MR) is 72.2 cm³/mol. The molecule has 0 atom stereocenters. The van der Waals surface area contributed by atoms with Gasteiger partial charge >= 0.3 is 0 Å². The molecule has 0 aliphatic carbocycles. The standard InChI is InChI=1S/C14H24N2/c1-12(2)13-8-5-6-9-14(13)15-10-7-11-16(3)4/h5-6,8-9,12,15H,7,10-11H2,1-4H3. The third-order valence-electron chi connectivity index (χ3n) is 2.68. The molecule has 2 heteroatoms. The number of anilines is 1. The van der Waals surface area contributed by atoms with Gasteiger partial charge in [-0.25, -0.2) is 0 Å². The van der Waals surface area contributed by atoms with Crippen LogP contribution in [-0.4, -0.2) is 32.1 Å². The Balaban J connectivity index is 2.47. The Labute approximate surface area is 99.7 Å². The second-order valence-corrected chi connectivity index (χ2v) is 4.83. The van der Waals surface area contributed by atoms with E-state index in [-0.39, 0.29) is 0 Å². The van der Waals surface area contributed by atoms with Gasteiger partial charge in [-0.2, -0.15) is 0 Å². The normalized spacial score (nSPS) is 11.1. The quantitative estimate of drug-likeness (QED) is 0.741. The van der Waals surface area contributed by atoms with Crippen molar-refractivity contribution in [1.29, 1.82) is 0 Å². The molecule has 1 rings (SSSR count). The molecule has 0 aromatic heterocycles. The molecule has 0 aliphatic rings. The lowest BCUT2D eigenvalue weighted by Crippen LogP contribution is -2.16. The van der Waals surface area contributed by atoms with Crippen LogP contribution in [0.15, 0.2) is 24.3 Å². The minimum absolute atomic E-state index is 0.581. The zero-order valence-electron chi connectivity index (χ0n) is 11.0. The molecule has 1 aromatic carbocycles. The van der Waals surface area contributed by atoms with Crippen LogP contribution in [0.1, 0.15) is 31.7 Å². The van der Waals surface area contributed by atoms with Gasteiger partial charge in [-0.05, 0) is 44.6 Å². The van der Waals surface area contributed by atoms with E-state index >= 15 is 0 Å². The van der Waals surface area contributed by atoms with Crippen molar-refractivity contribution in [3.63, 3.8) is 0 Å². The second-order valence-electron chi connectivity index (χ2n) is 4.83. The van der Waals surface area contributed by atoms with E-state index in [2.05, 4.69) is 62.4 Å². The molecule has 0 amide bonds. The second kappa shape index (κ2) is 6.54. The first-order chi connectivity index (χ1) is 7.61. The van der Waals surface area contributed by atoms with E-state index in [1.54, 1.807) is 0 Å². The summed E-state index contributed by atoms with van der Waals surface area (Å²) in [6.07, 6.45) is 1.18. The Kier molecular flexibility index (Phi) is 5.33. The highest BCUT2D eigenvalue weighted by Gasteiger charge is 2.04. The van der Waals surface area contributed by atoms with Crippen LogP contribution in [0.4, 0.5) is 5.69 Å². The first kappa shape index (κ1) is 13.0. The van der Waals surface area contributed by atoms with Crippen LogP contribution in [0.25, 0.3) is 0 Å². The summed E-state index contributed by atoms with van der Waals surface area (Å²) in [5.41, 5.74) is 2.70. The molecule has 0 aliphatic heterocycles. The summed E-state index contributed by atoms with van der Waals surface area (Å²) in [6, 6.07) is 8.59. The molecule has 0 spiro atoms. The molecule has 1 N–H and O–H groups in total.